The number of epoxide rings is 1. The largest absolute Gasteiger partial charge is 0.466 e. The second-order valence-electron chi connectivity index (χ2n) is 5.86. The number of fused-ring (bicyclic) bond motifs is 1. The summed E-state index contributed by atoms with van der Waals surface area (Å²) >= 11 is 0. The van der Waals surface area contributed by atoms with Gasteiger partial charge in [0.05, 0.1) is 24.7 Å². The van der Waals surface area contributed by atoms with E-state index >= 15 is 0 Å². The van der Waals surface area contributed by atoms with E-state index in [-0.39, 0.29) is 36.7 Å². The van der Waals surface area contributed by atoms with Crippen LogP contribution in [-0.2, 0) is 25.6 Å². The molecule has 6 nitrogen and oxygen atoms in total. The SMILES string of the molecule is CCOC(=O)[C@@H]1C[C@@H]2O[C@@H]2C[C@@H]1NC(=O)OCc1ccccc1. The quantitative estimate of drug-likeness (QED) is 0.664. The zero-order chi connectivity index (χ0) is 16.2. The predicted molar refractivity (Wildman–Crippen MR) is 81.6 cm³/mol. The summed E-state index contributed by atoms with van der Waals surface area (Å²) in [6, 6.07) is 9.15. The maximum absolute atomic E-state index is 12.1. The van der Waals surface area contributed by atoms with Gasteiger partial charge < -0.3 is 19.5 Å². The molecule has 1 heterocycles. The van der Waals surface area contributed by atoms with Crippen LogP contribution in [-0.4, -0.2) is 36.9 Å². The summed E-state index contributed by atoms with van der Waals surface area (Å²) in [5, 5.41) is 2.79. The molecular weight excluding hydrogens is 298 g/mol. The minimum atomic E-state index is -0.521. The molecule has 2 fully saturated rings. The minimum Gasteiger partial charge on any atom is -0.466 e. The highest BCUT2D eigenvalue weighted by Crippen LogP contribution is 2.40. The molecule has 1 amide bonds. The first kappa shape index (κ1) is 15.8. The van der Waals surface area contributed by atoms with Crippen LogP contribution in [0.5, 0.6) is 0 Å². The molecule has 0 spiro atoms. The first-order chi connectivity index (χ1) is 11.2. The monoisotopic (exact) mass is 319 g/mol. The van der Waals surface area contributed by atoms with E-state index in [1.165, 1.54) is 0 Å². The normalized spacial score (nSPS) is 28.4. The molecule has 23 heavy (non-hydrogen) atoms. The molecule has 1 saturated carbocycles. The zero-order valence-electron chi connectivity index (χ0n) is 13.1. The molecule has 6 heteroatoms. The van der Waals surface area contributed by atoms with Crippen LogP contribution in [0, 0.1) is 5.92 Å². The average molecular weight is 319 g/mol. The third-order valence-corrected chi connectivity index (χ3v) is 4.25. The molecule has 1 aromatic rings. The molecule has 0 bridgehead atoms. The fourth-order valence-corrected chi connectivity index (χ4v) is 3.01. The second-order valence-corrected chi connectivity index (χ2v) is 5.86. The molecule has 2 aliphatic rings. The molecule has 124 valence electrons. The number of hydrogen-bond acceptors (Lipinski definition) is 5. The molecule has 1 aliphatic heterocycles. The van der Waals surface area contributed by atoms with Gasteiger partial charge in [-0.1, -0.05) is 30.3 Å². The maximum Gasteiger partial charge on any atom is 0.407 e. The maximum atomic E-state index is 12.1. The lowest BCUT2D eigenvalue weighted by atomic mass is 9.84. The number of rotatable bonds is 5. The van der Waals surface area contributed by atoms with E-state index in [1.54, 1.807) is 6.92 Å². The fraction of sp³-hybridized carbons (Fsp3) is 0.529. The standard InChI is InChI=1S/C17H21NO5/c1-2-21-16(19)12-8-14-15(23-14)9-13(12)18-17(20)22-10-11-6-4-3-5-7-11/h3-7,12-15H,2,8-10H2,1H3,(H,18,20)/t12-,13+,14+,15-/m1/s1. The Morgan fingerprint density at radius 2 is 1.91 bits per heavy atom. The van der Waals surface area contributed by atoms with Crippen molar-refractivity contribution in [1.82, 2.24) is 5.32 Å². The lowest BCUT2D eigenvalue weighted by molar-refractivity contribution is -0.149. The van der Waals surface area contributed by atoms with Crippen molar-refractivity contribution in [3.63, 3.8) is 0 Å². The fourth-order valence-electron chi connectivity index (χ4n) is 3.01. The first-order valence-corrected chi connectivity index (χ1v) is 7.96. The summed E-state index contributed by atoms with van der Waals surface area (Å²) in [4.78, 5) is 24.1. The number of hydrogen-bond donors (Lipinski definition) is 1. The van der Waals surface area contributed by atoms with E-state index in [0.29, 0.717) is 19.4 Å². The Morgan fingerprint density at radius 1 is 1.17 bits per heavy atom. The highest BCUT2D eigenvalue weighted by molar-refractivity contribution is 5.75. The van der Waals surface area contributed by atoms with Gasteiger partial charge in [-0.3, -0.25) is 4.79 Å². The van der Waals surface area contributed by atoms with Crippen molar-refractivity contribution in [2.75, 3.05) is 6.61 Å². The topological polar surface area (TPSA) is 77.2 Å². The summed E-state index contributed by atoms with van der Waals surface area (Å²) < 4.78 is 15.8. The second kappa shape index (κ2) is 7.00. The lowest BCUT2D eigenvalue weighted by Gasteiger charge is -2.28. The van der Waals surface area contributed by atoms with Gasteiger partial charge in [0.1, 0.15) is 6.61 Å². The molecule has 0 unspecified atom stereocenters. The van der Waals surface area contributed by atoms with E-state index in [0.717, 1.165) is 5.56 Å². The Hall–Kier alpha value is -2.08. The third-order valence-electron chi connectivity index (χ3n) is 4.25. The molecule has 1 aromatic carbocycles. The van der Waals surface area contributed by atoms with Crippen LogP contribution in [0.4, 0.5) is 4.79 Å². The molecule has 1 saturated heterocycles. The number of alkyl carbamates (subject to hydrolysis) is 1. The van der Waals surface area contributed by atoms with Gasteiger partial charge >= 0.3 is 12.1 Å². The van der Waals surface area contributed by atoms with Gasteiger partial charge in [0.15, 0.2) is 0 Å². The van der Waals surface area contributed by atoms with E-state index in [2.05, 4.69) is 5.32 Å². The van der Waals surface area contributed by atoms with E-state index in [1.807, 2.05) is 30.3 Å². The highest BCUT2D eigenvalue weighted by Gasteiger charge is 2.51. The molecule has 4 atom stereocenters. The number of ether oxygens (including phenoxy) is 3. The Labute approximate surface area is 135 Å². The van der Waals surface area contributed by atoms with Crippen LogP contribution in [0.3, 0.4) is 0 Å². The van der Waals surface area contributed by atoms with Gasteiger partial charge in [-0.25, -0.2) is 4.79 Å². The number of amides is 1. The number of carbonyl (C=O) groups excluding carboxylic acids is 2. The van der Waals surface area contributed by atoms with E-state index in [4.69, 9.17) is 14.2 Å². The molecule has 0 radical (unpaired) electrons. The average Bonchev–Trinajstić information content (AvgIpc) is 3.31. The van der Waals surface area contributed by atoms with Crippen molar-refractivity contribution < 1.29 is 23.8 Å². The summed E-state index contributed by atoms with van der Waals surface area (Å²) in [7, 11) is 0. The van der Waals surface area contributed by atoms with Crippen LogP contribution in [0.2, 0.25) is 0 Å². The van der Waals surface area contributed by atoms with Gasteiger partial charge in [0, 0.05) is 6.04 Å². The minimum absolute atomic E-state index is 0.128. The summed E-state index contributed by atoms with van der Waals surface area (Å²) in [5.74, 6) is -0.655. The van der Waals surface area contributed by atoms with Crippen molar-refractivity contribution in [3.05, 3.63) is 35.9 Å². The molecule has 1 N–H and O–H groups in total. The van der Waals surface area contributed by atoms with E-state index in [9.17, 15) is 9.59 Å². The first-order valence-electron chi connectivity index (χ1n) is 7.96. The zero-order valence-corrected chi connectivity index (χ0v) is 13.1. The van der Waals surface area contributed by atoms with Crippen LogP contribution in [0.1, 0.15) is 25.3 Å². The van der Waals surface area contributed by atoms with Crippen LogP contribution in [0.15, 0.2) is 30.3 Å². The van der Waals surface area contributed by atoms with Crippen molar-refractivity contribution in [3.8, 4) is 0 Å². The third kappa shape index (κ3) is 4.01. The van der Waals surface area contributed by atoms with Gasteiger partial charge in [0.2, 0.25) is 0 Å². The van der Waals surface area contributed by atoms with Crippen LogP contribution < -0.4 is 5.32 Å². The Morgan fingerprint density at radius 3 is 2.65 bits per heavy atom. The Kier molecular flexibility index (Phi) is 4.81. The molecular formula is C17H21NO5. The highest BCUT2D eigenvalue weighted by atomic mass is 16.6. The summed E-state index contributed by atoms with van der Waals surface area (Å²) in [6.45, 7) is 2.30. The van der Waals surface area contributed by atoms with Gasteiger partial charge in [-0.05, 0) is 25.3 Å². The molecule has 0 aromatic heterocycles. The Balaban J connectivity index is 1.53. The number of carbonyl (C=O) groups is 2. The van der Waals surface area contributed by atoms with Crippen molar-refractivity contribution in [2.24, 2.45) is 5.92 Å². The van der Waals surface area contributed by atoms with Crippen molar-refractivity contribution in [1.29, 1.82) is 0 Å². The number of esters is 1. The van der Waals surface area contributed by atoms with Crippen LogP contribution >= 0.6 is 0 Å². The molecule has 3 rings (SSSR count). The van der Waals surface area contributed by atoms with E-state index < -0.39 is 6.09 Å². The van der Waals surface area contributed by atoms with Crippen molar-refractivity contribution in [2.45, 2.75) is 44.6 Å². The smallest absolute Gasteiger partial charge is 0.407 e. The van der Waals surface area contributed by atoms with Crippen molar-refractivity contribution >= 4 is 12.1 Å². The van der Waals surface area contributed by atoms with Gasteiger partial charge in [0.25, 0.3) is 0 Å². The summed E-state index contributed by atoms with van der Waals surface area (Å²) in [5.41, 5.74) is 0.916. The van der Waals surface area contributed by atoms with Gasteiger partial charge in [-0.15, -0.1) is 0 Å². The number of benzene rings is 1. The van der Waals surface area contributed by atoms with Gasteiger partial charge in [-0.2, -0.15) is 0 Å². The number of nitrogens with one attached hydrogen (secondary N) is 1. The lowest BCUT2D eigenvalue weighted by Crippen LogP contribution is -2.47. The van der Waals surface area contributed by atoms with Crippen LogP contribution in [0.25, 0.3) is 0 Å². The Bertz CT molecular complexity index is 561. The molecule has 1 aliphatic carbocycles. The predicted octanol–water partition coefficient (Wildman–Crippen LogP) is 2.02. The summed E-state index contributed by atoms with van der Waals surface area (Å²) in [6.07, 6.45) is 0.956.